The van der Waals surface area contributed by atoms with E-state index in [0.29, 0.717) is 16.6 Å². The Kier molecular flexibility index (Phi) is 4.86. The molecule has 1 amide bonds. The van der Waals surface area contributed by atoms with E-state index in [1.165, 1.54) is 17.2 Å². The first kappa shape index (κ1) is 18.5. The van der Waals surface area contributed by atoms with Crippen molar-refractivity contribution in [2.24, 2.45) is 0 Å². The maximum atomic E-state index is 12.6. The second kappa shape index (κ2) is 7.63. The monoisotopic (exact) mass is 389 g/mol. The van der Waals surface area contributed by atoms with Gasteiger partial charge in [-0.25, -0.2) is 9.67 Å². The van der Waals surface area contributed by atoms with E-state index in [9.17, 15) is 9.59 Å². The van der Waals surface area contributed by atoms with Gasteiger partial charge < -0.3 is 5.32 Å². The Labute approximate surface area is 166 Å². The molecular weight excluding hydrogens is 370 g/mol. The Morgan fingerprint density at radius 3 is 2.72 bits per heavy atom. The van der Waals surface area contributed by atoms with Gasteiger partial charge in [0.05, 0.1) is 22.9 Å². The van der Waals surface area contributed by atoms with Gasteiger partial charge in [-0.1, -0.05) is 12.1 Å². The Bertz CT molecular complexity index is 1250. The fraction of sp³-hybridized carbons (Fsp3) is 0.200. The van der Waals surface area contributed by atoms with Gasteiger partial charge >= 0.3 is 0 Å². The number of aryl methyl sites for hydroxylation is 3. The van der Waals surface area contributed by atoms with Crippen LogP contribution in [0.15, 0.2) is 53.8 Å². The van der Waals surface area contributed by atoms with Crippen molar-refractivity contribution in [1.29, 1.82) is 0 Å². The van der Waals surface area contributed by atoms with Crippen LogP contribution in [0.5, 0.6) is 0 Å². The highest BCUT2D eigenvalue weighted by Gasteiger charge is 2.09. The lowest BCUT2D eigenvalue weighted by Crippen LogP contribution is -2.23. The van der Waals surface area contributed by atoms with Crippen molar-refractivity contribution in [3.63, 3.8) is 0 Å². The molecule has 2 aromatic carbocycles. The van der Waals surface area contributed by atoms with Gasteiger partial charge in [0.25, 0.3) is 5.56 Å². The molecule has 0 saturated carbocycles. The highest BCUT2D eigenvalue weighted by atomic mass is 16.2. The molecule has 2 heterocycles. The number of tetrazole rings is 1. The number of carbonyl (C=O) groups is 1. The molecule has 2 aromatic heterocycles. The van der Waals surface area contributed by atoms with Gasteiger partial charge in [0.15, 0.2) is 0 Å². The van der Waals surface area contributed by atoms with Crippen molar-refractivity contribution in [2.45, 2.75) is 26.8 Å². The third kappa shape index (κ3) is 3.75. The molecule has 4 rings (SSSR count). The predicted molar refractivity (Wildman–Crippen MR) is 108 cm³/mol. The van der Waals surface area contributed by atoms with Crippen LogP contribution in [0, 0.1) is 13.8 Å². The van der Waals surface area contributed by atoms with E-state index in [1.54, 1.807) is 16.8 Å². The standard InChI is InChI=1S/C20H19N7O2/c1-13-4-3-5-16-19(13)21-11-26(20(16)29)9-8-18(28)23-15-6-7-17(14(2)10-15)27-12-22-24-25-27/h3-7,10-12H,8-9H2,1-2H3,(H,23,28). The zero-order valence-corrected chi connectivity index (χ0v) is 16.0. The summed E-state index contributed by atoms with van der Waals surface area (Å²) in [6.45, 7) is 4.08. The van der Waals surface area contributed by atoms with Crippen LogP contribution in [0.4, 0.5) is 5.69 Å². The van der Waals surface area contributed by atoms with Crippen LogP contribution in [0.1, 0.15) is 17.5 Å². The van der Waals surface area contributed by atoms with E-state index < -0.39 is 0 Å². The number of nitrogens with zero attached hydrogens (tertiary/aromatic N) is 6. The summed E-state index contributed by atoms with van der Waals surface area (Å²) in [5, 5.41) is 14.5. The lowest BCUT2D eigenvalue weighted by atomic mass is 10.1. The molecule has 0 spiro atoms. The lowest BCUT2D eigenvalue weighted by molar-refractivity contribution is -0.116. The van der Waals surface area contributed by atoms with E-state index >= 15 is 0 Å². The number of benzene rings is 2. The fourth-order valence-corrected chi connectivity index (χ4v) is 3.20. The molecule has 0 aliphatic rings. The quantitative estimate of drug-likeness (QED) is 0.559. The number of hydrogen-bond acceptors (Lipinski definition) is 6. The van der Waals surface area contributed by atoms with Crippen molar-refractivity contribution >= 4 is 22.5 Å². The molecule has 9 nitrogen and oxygen atoms in total. The van der Waals surface area contributed by atoms with E-state index in [0.717, 1.165) is 16.8 Å². The van der Waals surface area contributed by atoms with Crippen LogP contribution in [0.3, 0.4) is 0 Å². The SMILES string of the molecule is Cc1cc(NC(=O)CCn2cnc3c(C)cccc3c2=O)ccc1-n1cnnn1. The molecule has 0 unspecified atom stereocenters. The van der Waals surface area contributed by atoms with Crippen molar-refractivity contribution in [1.82, 2.24) is 29.8 Å². The number of aromatic nitrogens is 6. The van der Waals surface area contributed by atoms with Gasteiger partial charge in [-0.05, 0) is 59.7 Å². The summed E-state index contributed by atoms with van der Waals surface area (Å²) in [4.78, 5) is 29.3. The molecule has 1 N–H and O–H groups in total. The Morgan fingerprint density at radius 1 is 1.10 bits per heavy atom. The molecule has 0 fully saturated rings. The third-order valence-corrected chi connectivity index (χ3v) is 4.71. The molecule has 146 valence electrons. The van der Waals surface area contributed by atoms with E-state index in [4.69, 9.17) is 0 Å². The van der Waals surface area contributed by atoms with Gasteiger partial charge in [-0.2, -0.15) is 0 Å². The third-order valence-electron chi connectivity index (χ3n) is 4.71. The van der Waals surface area contributed by atoms with Crippen molar-refractivity contribution in [3.05, 3.63) is 70.5 Å². The first-order chi connectivity index (χ1) is 14.0. The van der Waals surface area contributed by atoms with Gasteiger partial charge in [-0.15, -0.1) is 5.10 Å². The summed E-state index contributed by atoms with van der Waals surface area (Å²) in [6.07, 6.45) is 3.17. The van der Waals surface area contributed by atoms with Crippen LogP contribution >= 0.6 is 0 Å². The zero-order valence-electron chi connectivity index (χ0n) is 16.0. The normalized spacial score (nSPS) is 11.0. The second-order valence-electron chi connectivity index (χ2n) is 6.77. The number of rotatable bonds is 5. The molecule has 0 aliphatic heterocycles. The summed E-state index contributed by atoms with van der Waals surface area (Å²) in [5.74, 6) is -0.184. The molecule has 0 radical (unpaired) electrons. The summed E-state index contributed by atoms with van der Waals surface area (Å²) in [5.41, 5.74) is 3.91. The minimum absolute atomic E-state index is 0.145. The molecule has 0 bridgehead atoms. The average Bonchev–Trinajstić information content (AvgIpc) is 3.23. The topological polar surface area (TPSA) is 108 Å². The molecule has 29 heavy (non-hydrogen) atoms. The minimum Gasteiger partial charge on any atom is -0.326 e. The predicted octanol–water partition coefficient (Wildman–Crippen LogP) is 2.02. The number of anilines is 1. The first-order valence-corrected chi connectivity index (χ1v) is 9.11. The number of nitrogens with one attached hydrogen (secondary N) is 1. The van der Waals surface area contributed by atoms with Crippen molar-refractivity contribution in [2.75, 3.05) is 5.32 Å². The average molecular weight is 389 g/mol. The van der Waals surface area contributed by atoms with Gasteiger partial charge in [0, 0.05) is 18.7 Å². The molecule has 0 saturated heterocycles. The molecular formula is C20H19N7O2. The number of para-hydroxylation sites is 1. The lowest BCUT2D eigenvalue weighted by Gasteiger charge is -2.10. The Morgan fingerprint density at radius 2 is 1.97 bits per heavy atom. The highest BCUT2D eigenvalue weighted by molar-refractivity contribution is 5.91. The van der Waals surface area contributed by atoms with Gasteiger partial charge in [-0.3, -0.25) is 14.2 Å². The summed E-state index contributed by atoms with van der Waals surface area (Å²) < 4.78 is 3.02. The molecule has 0 aliphatic carbocycles. The summed E-state index contributed by atoms with van der Waals surface area (Å²) in [7, 11) is 0. The summed E-state index contributed by atoms with van der Waals surface area (Å²) >= 11 is 0. The van der Waals surface area contributed by atoms with E-state index in [2.05, 4.69) is 25.8 Å². The van der Waals surface area contributed by atoms with E-state index in [1.807, 2.05) is 38.1 Å². The van der Waals surface area contributed by atoms with Crippen LogP contribution in [-0.2, 0) is 11.3 Å². The number of amides is 1. The number of carbonyl (C=O) groups excluding carboxylic acids is 1. The Balaban J connectivity index is 1.44. The first-order valence-electron chi connectivity index (χ1n) is 9.11. The van der Waals surface area contributed by atoms with Crippen LogP contribution < -0.4 is 10.9 Å². The van der Waals surface area contributed by atoms with Crippen molar-refractivity contribution < 1.29 is 4.79 Å². The van der Waals surface area contributed by atoms with Crippen LogP contribution in [0.2, 0.25) is 0 Å². The fourth-order valence-electron chi connectivity index (χ4n) is 3.20. The maximum Gasteiger partial charge on any atom is 0.261 e. The van der Waals surface area contributed by atoms with Gasteiger partial charge in [0.2, 0.25) is 5.91 Å². The maximum absolute atomic E-state index is 12.6. The molecule has 9 heteroatoms. The molecule has 0 atom stereocenters. The van der Waals surface area contributed by atoms with Crippen LogP contribution in [-0.4, -0.2) is 35.7 Å². The van der Waals surface area contributed by atoms with Crippen LogP contribution in [0.25, 0.3) is 16.6 Å². The highest BCUT2D eigenvalue weighted by Crippen LogP contribution is 2.18. The smallest absolute Gasteiger partial charge is 0.261 e. The minimum atomic E-state index is -0.184. The number of fused-ring (bicyclic) bond motifs is 1. The summed E-state index contributed by atoms with van der Waals surface area (Å²) in [6, 6.07) is 11.0. The molecule has 4 aromatic rings. The van der Waals surface area contributed by atoms with Crippen molar-refractivity contribution in [3.8, 4) is 5.69 Å². The second-order valence-corrected chi connectivity index (χ2v) is 6.77. The van der Waals surface area contributed by atoms with E-state index in [-0.39, 0.29) is 24.4 Å². The largest absolute Gasteiger partial charge is 0.326 e. The van der Waals surface area contributed by atoms with Gasteiger partial charge in [0.1, 0.15) is 6.33 Å². The Hall–Kier alpha value is -3.88. The zero-order chi connectivity index (χ0) is 20.4. The number of hydrogen-bond donors (Lipinski definition) is 1.